The van der Waals surface area contributed by atoms with Crippen molar-refractivity contribution >= 4 is 0 Å². The normalized spacial score (nSPS) is 18.8. The van der Waals surface area contributed by atoms with Crippen LogP contribution in [0.3, 0.4) is 0 Å². The molecule has 0 saturated heterocycles. The molecule has 0 spiro atoms. The fraction of sp³-hybridized carbons (Fsp3) is 0.600. The number of rotatable bonds is 4. The van der Waals surface area contributed by atoms with Crippen LogP contribution < -0.4 is 5.32 Å². The van der Waals surface area contributed by atoms with Crippen LogP contribution in [0.2, 0.25) is 0 Å². The van der Waals surface area contributed by atoms with Gasteiger partial charge in [0.05, 0.1) is 0 Å². The molecule has 1 aromatic rings. The molecule has 0 unspecified atom stereocenters. The zero-order valence-electron chi connectivity index (χ0n) is 10.9. The molecular weight excluding hydrogens is 232 g/mol. The largest absolute Gasteiger partial charge is 0.310 e. The highest BCUT2D eigenvalue weighted by molar-refractivity contribution is 5.18. The van der Waals surface area contributed by atoms with Gasteiger partial charge < -0.3 is 5.32 Å². The minimum absolute atomic E-state index is 0.368. The fourth-order valence-corrected chi connectivity index (χ4v) is 2.76. The van der Waals surface area contributed by atoms with Crippen LogP contribution in [0.4, 0.5) is 8.78 Å². The lowest BCUT2D eigenvalue weighted by Crippen LogP contribution is -2.34. The first-order valence-corrected chi connectivity index (χ1v) is 6.84. The Morgan fingerprint density at radius 2 is 1.94 bits per heavy atom. The maximum absolute atomic E-state index is 13.5. The van der Waals surface area contributed by atoms with Gasteiger partial charge in [-0.2, -0.15) is 0 Å². The number of hydrogen-bond donors (Lipinski definition) is 1. The number of benzene rings is 1. The highest BCUT2D eigenvalue weighted by Crippen LogP contribution is 2.26. The highest BCUT2D eigenvalue weighted by Gasteiger charge is 2.19. The lowest BCUT2D eigenvalue weighted by molar-refractivity contribution is 0.279. The van der Waals surface area contributed by atoms with Crippen molar-refractivity contribution in [3.63, 3.8) is 0 Å². The summed E-state index contributed by atoms with van der Waals surface area (Å²) in [6.45, 7) is 2.55. The second-order valence-corrected chi connectivity index (χ2v) is 5.28. The summed E-state index contributed by atoms with van der Waals surface area (Å²) >= 11 is 0. The summed E-state index contributed by atoms with van der Waals surface area (Å²) in [5.41, 5.74) is 0.414. The molecule has 0 aliphatic heterocycles. The lowest BCUT2D eigenvalue weighted by atomic mass is 9.84. The van der Waals surface area contributed by atoms with Crippen molar-refractivity contribution in [1.29, 1.82) is 0 Å². The van der Waals surface area contributed by atoms with E-state index in [2.05, 4.69) is 12.2 Å². The molecule has 2 rings (SSSR count). The minimum atomic E-state index is -0.764. The summed E-state index contributed by atoms with van der Waals surface area (Å²) in [7, 11) is 0. The molecule has 1 aliphatic rings. The Morgan fingerprint density at radius 3 is 2.67 bits per heavy atom. The number of nitrogens with one attached hydrogen (secondary N) is 1. The average Bonchev–Trinajstić information content (AvgIpc) is 2.41. The van der Waals surface area contributed by atoms with Gasteiger partial charge in [0.2, 0.25) is 0 Å². The molecule has 1 nitrogen and oxygen atoms in total. The van der Waals surface area contributed by atoms with Crippen LogP contribution >= 0.6 is 0 Å². The molecule has 1 atom stereocenters. The van der Waals surface area contributed by atoms with Crippen molar-refractivity contribution in [2.24, 2.45) is 5.92 Å². The molecule has 1 aromatic carbocycles. The highest BCUT2D eigenvalue weighted by atomic mass is 19.2. The van der Waals surface area contributed by atoms with Crippen molar-refractivity contribution in [1.82, 2.24) is 5.32 Å². The summed E-state index contributed by atoms with van der Waals surface area (Å²) in [5.74, 6) is -0.809. The van der Waals surface area contributed by atoms with Gasteiger partial charge in [0.25, 0.3) is 0 Å². The van der Waals surface area contributed by atoms with Gasteiger partial charge in [0.1, 0.15) is 0 Å². The molecule has 1 N–H and O–H groups in total. The van der Waals surface area contributed by atoms with Gasteiger partial charge in [-0.3, -0.25) is 0 Å². The van der Waals surface area contributed by atoms with Gasteiger partial charge in [-0.1, -0.05) is 31.4 Å². The Kier molecular flexibility index (Phi) is 4.70. The first-order chi connectivity index (χ1) is 8.68. The van der Waals surface area contributed by atoms with Crippen molar-refractivity contribution in [2.75, 3.05) is 0 Å². The maximum atomic E-state index is 13.5. The quantitative estimate of drug-likeness (QED) is 0.854. The van der Waals surface area contributed by atoms with E-state index in [1.54, 1.807) is 12.1 Å². The zero-order valence-corrected chi connectivity index (χ0v) is 10.9. The van der Waals surface area contributed by atoms with Crippen LogP contribution in [0.25, 0.3) is 0 Å². The third kappa shape index (κ3) is 3.29. The van der Waals surface area contributed by atoms with Crippen molar-refractivity contribution in [3.8, 4) is 0 Å². The number of hydrogen-bond acceptors (Lipinski definition) is 1. The van der Waals surface area contributed by atoms with E-state index in [9.17, 15) is 8.78 Å². The second-order valence-electron chi connectivity index (χ2n) is 5.28. The van der Waals surface area contributed by atoms with Crippen molar-refractivity contribution in [2.45, 2.75) is 51.6 Å². The zero-order chi connectivity index (χ0) is 13.0. The topological polar surface area (TPSA) is 12.0 Å². The molecule has 1 fully saturated rings. The summed E-state index contributed by atoms with van der Waals surface area (Å²) in [6, 6.07) is 4.72. The van der Waals surface area contributed by atoms with E-state index in [0.717, 1.165) is 6.07 Å². The summed E-state index contributed by atoms with van der Waals surface area (Å²) in [5, 5.41) is 3.33. The fourth-order valence-electron chi connectivity index (χ4n) is 2.76. The van der Waals surface area contributed by atoms with E-state index in [1.165, 1.54) is 32.1 Å². The second kappa shape index (κ2) is 6.28. The lowest BCUT2D eigenvalue weighted by Gasteiger charge is -2.28. The first kappa shape index (κ1) is 13.5. The molecule has 0 amide bonds. The molecule has 0 radical (unpaired) electrons. The summed E-state index contributed by atoms with van der Waals surface area (Å²) in [6.07, 6.45) is 6.43. The van der Waals surface area contributed by atoms with Crippen LogP contribution in [0.5, 0.6) is 0 Å². The van der Waals surface area contributed by atoms with Gasteiger partial charge in [0, 0.05) is 18.2 Å². The predicted octanol–water partition coefficient (Wildman–Crippen LogP) is 4.02. The first-order valence-electron chi connectivity index (χ1n) is 6.84. The SMILES string of the molecule is C[C@H](NCc1cccc(F)c1F)C1CCCCC1. The molecular formula is C15H21F2N. The standard InChI is InChI=1S/C15H21F2N/c1-11(12-6-3-2-4-7-12)18-10-13-8-5-9-14(16)15(13)17/h5,8-9,11-12,18H,2-4,6-7,10H2,1H3/t11-/m0/s1. The van der Waals surface area contributed by atoms with Crippen LogP contribution in [0, 0.1) is 17.6 Å². The maximum Gasteiger partial charge on any atom is 0.163 e. The van der Waals surface area contributed by atoms with Crippen LogP contribution in [-0.2, 0) is 6.54 Å². The van der Waals surface area contributed by atoms with Crippen molar-refractivity contribution in [3.05, 3.63) is 35.4 Å². The Morgan fingerprint density at radius 1 is 1.22 bits per heavy atom. The molecule has 0 heterocycles. The monoisotopic (exact) mass is 253 g/mol. The third-order valence-corrected chi connectivity index (χ3v) is 4.00. The Labute approximate surface area is 108 Å². The van der Waals surface area contributed by atoms with E-state index in [4.69, 9.17) is 0 Å². The molecule has 0 bridgehead atoms. The molecule has 1 aliphatic carbocycles. The van der Waals surface area contributed by atoms with Gasteiger partial charge >= 0.3 is 0 Å². The van der Waals surface area contributed by atoms with Gasteiger partial charge in [0.15, 0.2) is 11.6 Å². The van der Waals surface area contributed by atoms with E-state index in [-0.39, 0.29) is 0 Å². The van der Waals surface area contributed by atoms with Crippen LogP contribution in [0.1, 0.15) is 44.6 Å². The van der Waals surface area contributed by atoms with Gasteiger partial charge in [-0.05, 0) is 31.7 Å². The molecule has 18 heavy (non-hydrogen) atoms. The van der Waals surface area contributed by atoms with E-state index >= 15 is 0 Å². The Hall–Kier alpha value is -0.960. The smallest absolute Gasteiger partial charge is 0.163 e. The van der Waals surface area contributed by atoms with E-state index in [1.807, 2.05) is 0 Å². The van der Waals surface area contributed by atoms with Crippen LogP contribution in [-0.4, -0.2) is 6.04 Å². The average molecular weight is 253 g/mol. The predicted molar refractivity (Wildman–Crippen MR) is 69.2 cm³/mol. The summed E-state index contributed by atoms with van der Waals surface area (Å²) in [4.78, 5) is 0. The summed E-state index contributed by atoms with van der Waals surface area (Å²) < 4.78 is 26.5. The third-order valence-electron chi connectivity index (χ3n) is 4.00. The molecule has 100 valence electrons. The van der Waals surface area contributed by atoms with Gasteiger partial charge in [-0.25, -0.2) is 8.78 Å². The Bertz CT molecular complexity index is 386. The van der Waals surface area contributed by atoms with Crippen LogP contribution in [0.15, 0.2) is 18.2 Å². The molecule has 0 aromatic heterocycles. The van der Waals surface area contributed by atoms with E-state index in [0.29, 0.717) is 24.1 Å². The van der Waals surface area contributed by atoms with Gasteiger partial charge in [-0.15, -0.1) is 0 Å². The Balaban J connectivity index is 1.88. The van der Waals surface area contributed by atoms with E-state index < -0.39 is 11.6 Å². The number of halogens is 2. The molecule has 3 heteroatoms. The van der Waals surface area contributed by atoms with Crippen molar-refractivity contribution < 1.29 is 8.78 Å². The molecule has 1 saturated carbocycles. The minimum Gasteiger partial charge on any atom is -0.310 e.